The second-order valence-electron chi connectivity index (χ2n) is 9.88. The van der Waals surface area contributed by atoms with E-state index in [1.165, 1.54) is 22.2 Å². The van der Waals surface area contributed by atoms with E-state index in [9.17, 15) is 10.1 Å². The maximum atomic E-state index is 12.8. The fourth-order valence-electron chi connectivity index (χ4n) is 4.63. The van der Waals surface area contributed by atoms with Crippen LogP contribution in [0.5, 0.6) is 0 Å². The van der Waals surface area contributed by atoms with Gasteiger partial charge in [0.2, 0.25) is 5.91 Å². The number of rotatable bonds is 9. The molecule has 1 atom stereocenters. The number of carbonyl (C=O) groups excluding carboxylic acids is 1. The minimum absolute atomic E-state index is 0.121. The Hall–Kier alpha value is -2.63. The summed E-state index contributed by atoms with van der Waals surface area (Å²) in [7, 11) is 1.94. The molecule has 1 aliphatic carbocycles. The summed E-state index contributed by atoms with van der Waals surface area (Å²) in [5.41, 5.74) is 3.34. The fraction of sp³-hybridized carbons (Fsp3) is 0.481. The Balaban J connectivity index is 1.36. The Morgan fingerprint density at radius 3 is 2.77 bits per heavy atom. The first-order valence-corrected chi connectivity index (χ1v) is 14.0. The standard InChI is InChI=1S/C27H33N5OS2/c1-5-27(2,3)19-12-13-20-21(16-28)25(35-22(20)15-19)29-24(33)17-34-26-31-30-23(32(26)4)14-11-18-9-7-6-8-10-18/h6-10,19H,5,11-15,17H2,1-4H3,(H,29,33). The number of nitrogens with zero attached hydrogens (tertiary/aromatic N) is 4. The largest absolute Gasteiger partial charge is 0.316 e. The SMILES string of the molecule is CCC(C)(C)C1CCc2c(sc(NC(=O)CSc3nnc(CCc4ccccc4)n3C)c2C#N)C1. The third kappa shape index (κ3) is 5.79. The molecule has 0 bridgehead atoms. The van der Waals surface area contributed by atoms with Crippen molar-refractivity contribution in [3.8, 4) is 6.07 Å². The normalized spacial score (nSPS) is 15.5. The molecule has 0 aliphatic heterocycles. The number of anilines is 1. The summed E-state index contributed by atoms with van der Waals surface area (Å²) in [4.78, 5) is 14.0. The van der Waals surface area contributed by atoms with Gasteiger partial charge in [0.1, 0.15) is 16.9 Å². The van der Waals surface area contributed by atoms with E-state index in [1.54, 1.807) is 11.3 Å². The summed E-state index contributed by atoms with van der Waals surface area (Å²) in [6.07, 6.45) is 5.83. The van der Waals surface area contributed by atoms with Gasteiger partial charge in [-0.1, -0.05) is 69.3 Å². The van der Waals surface area contributed by atoms with E-state index >= 15 is 0 Å². The van der Waals surface area contributed by atoms with Gasteiger partial charge in [-0.15, -0.1) is 21.5 Å². The van der Waals surface area contributed by atoms with Gasteiger partial charge in [0.25, 0.3) is 0 Å². The average molecular weight is 508 g/mol. The second kappa shape index (κ2) is 11.0. The smallest absolute Gasteiger partial charge is 0.235 e. The zero-order valence-corrected chi connectivity index (χ0v) is 22.6. The minimum atomic E-state index is -0.121. The zero-order chi connectivity index (χ0) is 25.0. The lowest BCUT2D eigenvalue weighted by molar-refractivity contribution is -0.113. The highest BCUT2D eigenvalue weighted by Gasteiger charge is 2.34. The number of amides is 1. The van der Waals surface area contributed by atoms with Crippen LogP contribution in [0.2, 0.25) is 0 Å². The van der Waals surface area contributed by atoms with Crippen LogP contribution in [0.3, 0.4) is 0 Å². The molecule has 4 rings (SSSR count). The molecule has 1 aliphatic rings. The Morgan fingerprint density at radius 2 is 2.06 bits per heavy atom. The summed E-state index contributed by atoms with van der Waals surface area (Å²) in [6.45, 7) is 6.92. The summed E-state index contributed by atoms with van der Waals surface area (Å²) >= 11 is 2.95. The predicted octanol–water partition coefficient (Wildman–Crippen LogP) is 5.81. The first-order chi connectivity index (χ1) is 16.8. The van der Waals surface area contributed by atoms with E-state index < -0.39 is 0 Å². The molecule has 2 heterocycles. The summed E-state index contributed by atoms with van der Waals surface area (Å²) < 4.78 is 1.96. The molecule has 0 saturated heterocycles. The van der Waals surface area contributed by atoms with Crippen LogP contribution in [0, 0.1) is 22.7 Å². The number of benzene rings is 1. The molecule has 1 N–H and O–H groups in total. The highest BCUT2D eigenvalue weighted by molar-refractivity contribution is 7.99. The van der Waals surface area contributed by atoms with Crippen LogP contribution in [-0.4, -0.2) is 26.4 Å². The topological polar surface area (TPSA) is 83.6 Å². The van der Waals surface area contributed by atoms with Crippen LogP contribution < -0.4 is 5.32 Å². The van der Waals surface area contributed by atoms with Crippen molar-refractivity contribution >= 4 is 34.0 Å². The third-order valence-corrected chi connectivity index (χ3v) is 9.57. The van der Waals surface area contributed by atoms with Crippen LogP contribution in [0.4, 0.5) is 5.00 Å². The molecule has 3 aromatic rings. The Labute approximate surface area is 216 Å². The van der Waals surface area contributed by atoms with Gasteiger partial charge in [-0.2, -0.15) is 5.26 Å². The first-order valence-electron chi connectivity index (χ1n) is 12.2. The maximum absolute atomic E-state index is 12.8. The zero-order valence-electron chi connectivity index (χ0n) is 20.9. The Morgan fingerprint density at radius 1 is 1.29 bits per heavy atom. The van der Waals surface area contributed by atoms with Gasteiger partial charge >= 0.3 is 0 Å². The summed E-state index contributed by atoms with van der Waals surface area (Å²) in [6, 6.07) is 12.7. The van der Waals surface area contributed by atoms with Crippen molar-refractivity contribution in [2.75, 3.05) is 11.1 Å². The maximum Gasteiger partial charge on any atom is 0.235 e. The molecule has 1 aromatic carbocycles. The quantitative estimate of drug-likeness (QED) is 0.370. The van der Waals surface area contributed by atoms with Crippen LogP contribution >= 0.6 is 23.1 Å². The van der Waals surface area contributed by atoms with E-state index in [0.717, 1.165) is 55.1 Å². The van der Waals surface area contributed by atoms with Crippen LogP contribution in [0.25, 0.3) is 0 Å². The van der Waals surface area contributed by atoms with Gasteiger partial charge < -0.3 is 9.88 Å². The van der Waals surface area contributed by atoms with Crippen molar-refractivity contribution < 1.29 is 4.79 Å². The molecule has 6 nitrogen and oxygen atoms in total. The van der Waals surface area contributed by atoms with Crippen LogP contribution in [0.15, 0.2) is 35.5 Å². The number of hydrogen-bond acceptors (Lipinski definition) is 6. The third-order valence-electron chi connectivity index (χ3n) is 7.38. The van der Waals surface area contributed by atoms with E-state index in [-0.39, 0.29) is 17.1 Å². The second-order valence-corrected chi connectivity index (χ2v) is 11.9. The van der Waals surface area contributed by atoms with E-state index in [0.29, 0.717) is 16.5 Å². The molecule has 0 saturated carbocycles. The Kier molecular flexibility index (Phi) is 7.98. The van der Waals surface area contributed by atoms with Crippen molar-refractivity contribution in [1.29, 1.82) is 5.26 Å². The molecule has 35 heavy (non-hydrogen) atoms. The number of aromatic nitrogens is 3. The lowest BCUT2D eigenvalue weighted by Crippen LogP contribution is -2.28. The highest BCUT2D eigenvalue weighted by atomic mass is 32.2. The Bertz CT molecular complexity index is 1220. The lowest BCUT2D eigenvalue weighted by atomic mass is 9.69. The number of carbonyl (C=O) groups is 1. The molecule has 8 heteroatoms. The molecule has 0 spiro atoms. The number of nitriles is 1. The van der Waals surface area contributed by atoms with Crippen molar-refractivity contribution in [1.82, 2.24) is 14.8 Å². The monoisotopic (exact) mass is 507 g/mol. The molecule has 1 unspecified atom stereocenters. The molecule has 184 valence electrons. The molecule has 2 aromatic heterocycles. The van der Waals surface area contributed by atoms with Crippen LogP contribution in [0.1, 0.15) is 61.0 Å². The highest BCUT2D eigenvalue weighted by Crippen LogP contribution is 2.45. The summed E-state index contributed by atoms with van der Waals surface area (Å²) in [5.74, 6) is 1.61. The number of aryl methyl sites for hydroxylation is 2. The van der Waals surface area contributed by atoms with Gasteiger partial charge in [0.15, 0.2) is 5.16 Å². The van der Waals surface area contributed by atoms with Gasteiger partial charge in [-0.3, -0.25) is 4.79 Å². The molecular weight excluding hydrogens is 474 g/mol. The lowest BCUT2D eigenvalue weighted by Gasteiger charge is -2.36. The molecular formula is C27H33N5OS2. The number of fused-ring (bicyclic) bond motifs is 1. The van der Waals surface area contributed by atoms with E-state index in [2.05, 4.69) is 54.5 Å². The molecule has 1 amide bonds. The predicted molar refractivity (Wildman–Crippen MR) is 143 cm³/mol. The van der Waals surface area contributed by atoms with Gasteiger partial charge in [0, 0.05) is 18.3 Å². The van der Waals surface area contributed by atoms with Gasteiger partial charge in [0.05, 0.1) is 11.3 Å². The van der Waals surface area contributed by atoms with Gasteiger partial charge in [-0.25, -0.2) is 0 Å². The first kappa shape index (κ1) is 25.5. The average Bonchev–Trinajstić information content (AvgIpc) is 3.40. The van der Waals surface area contributed by atoms with Crippen LogP contribution in [-0.2, 0) is 37.5 Å². The number of hydrogen-bond donors (Lipinski definition) is 1. The number of nitrogens with one attached hydrogen (secondary N) is 1. The minimum Gasteiger partial charge on any atom is -0.316 e. The van der Waals surface area contributed by atoms with Crippen molar-refractivity contribution in [2.24, 2.45) is 18.4 Å². The van der Waals surface area contributed by atoms with E-state index in [1.807, 2.05) is 29.8 Å². The summed E-state index contributed by atoms with van der Waals surface area (Å²) in [5, 5.41) is 22.8. The molecule has 0 fully saturated rings. The molecule has 0 radical (unpaired) electrons. The van der Waals surface area contributed by atoms with E-state index in [4.69, 9.17) is 0 Å². The van der Waals surface area contributed by atoms with Gasteiger partial charge in [-0.05, 0) is 48.1 Å². The number of thioether (sulfide) groups is 1. The fourth-order valence-corrected chi connectivity index (χ4v) is 6.65. The van der Waals surface area contributed by atoms with Crippen molar-refractivity contribution in [3.05, 3.63) is 57.7 Å². The number of thiophene rings is 1. The van der Waals surface area contributed by atoms with Crippen molar-refractivity contribution in [2.45, 2.75) is 64.5 Å². The van der Waals surface area contributed by atoms with Crippen molar-refractivity contribution in [3.63, 3.8) is 0 Å².